The van der Waals surface area contributed by atoms with Crippen LogP contribution in [0.15, 0.2) is 21.3 Å². The summed E-state index contributed by atoms with van der Waals surface area (Å²) in [5, 5.41) is 0.137. The number of sulfonamides is 1. The normalized spacial score (nSPS) is 11.2. The predicted octanol–water partition coefficient (Wildman–Crippen LogP) is 0.961. The lowest BCUT2D eigenvalue weighted by atomic mass is 10.5. The standard InChI is InChI=1S/C8H9ClN2O4S2/c1-5(9)3-11-17(13,14)8-6(7(12)15-2)10-4-16-8/h4,11H,1,3H2,2H3. The number of methoxy groups -OCH3 is 1. The second-order valence-electron chi connectivity index (χ2n) is 2.82. The molecule has 1 heterocycles. The summed E-state index contributed by atoms with van der Waals surface area (Å²) >= 11 is 6.27. The molecule has 1 N–H and O–H groups in total. The van der Waals surface area contributed by atoms with Crippen LogP contribution >= 0.6 is 22.9 Å². The molecule has 17 heavy (non-hydrogen) atoms. The van der Waals surface area contributed by atoms with Crippen LogP contribution in [0.1, 0.15) is 10.5 Å². The SMILES string of the molecule is C=C(Cl)CNS(=O)(=O)c1scnc1C(=O)OC. The van der Waals surface area contributed by atoms with Gasteiger partial charge >= 0.3 is 5.97 Å². The van der Waals surface area contributed by atoms with Gasteiger partial charge in [-0.05, 0) is 0 Å². The van der Waals surface area contributed by atoms with Gasteiger partial charge in [0.2, 0.25) is 0 Å². The number of ether oxygens (including phenoxy) is 1. The van der Waals surface area contributed by atoms with E-state index in [4.69, 9.17) is 11.6 Å². The molecule has 0 aliphatic heterocycles. The first kappa shape index (κ1) is 14.1. The summed E-state index contributed by atoms with van der Waals surface area (Å²) in [6, 6.07) is 0. The van der Waals surface area contributed by atoms with Crippen LogP contribution in [0.4, 0.5) is 0 Å². The molecule has 94 valence electrons. The van der Waals surface area contributed by atoms with E-state index in [1.807, 2.05) is 0 Å². The van der Waals surface area contributed by atoms with Gasteiger partial charge in [-0.2, -0.15) is 0 Å². The van der Waals surface area contributed by atoms with Crippen LogP contribution in [0.5, 0.6) is 0 Å². The van der Waals surface area contributed by atoms with E-state index in [1.54, 1.807) is 0 Å². The van der Waals surface area contributed by atoms with Gasteiger partial charge in [0.15, 0.2) is 9.90 Å². The van der Waals surface area contributed by atoms with Crippen molar-refractivity contribution in [1.29, 1.82) is 0 Å². The zero-order chi connectivity index (χ0) is 13.1. The van der Waals surface area contributed by atoms with Gasteiger partial charge in [0.25, 0.3) is 10.0 Å². The third-order valence-electron chi connectivity index (χ3n) is 1.61. The van der Waals surface area contributed by atoms with Crippen molar-refractivity contribution in [3.8, 4) is 0 Å². The first-order chi connectivity index (χ1) is 7.88. The summed E-state index contributed by atoms with van der Waals surface area (Å²) in [5.74, 6) is -0.809. The van der Waals surface area contributed by atoms with Gasteiger partial charge in [-0.3, -0.25) is 0 Å². The van der Waals surface area contributed by atoms with Crippen LogP contribution in [0.3, 0.4) is 0 Å². The molecule has 0 aliphatic carbocycles. The molecule has 0 aliphatic rings. The highest BCUT2D eigenvalue weighted by atomic mass is 35.5. The predicted molar refractivity (Wildman–Crippen MR) is 63.6 cm³/mol. The van der Waals surface area contributed by atoms with Gasteiger partial charge in [0.1, 0.15) is 0 Å². The number of nitrogens with one attached hydrogen (secondary N) is 1. The average molecular weight is 297 g/mol. The number of halogens is 1. The molecule has 0 saturated heterocycles. The monoisotopic (exact) mass is 296 g/mol. The first-order valence-corrected chi connectivity index (χ1v) is 6.97. The van der Waals surface area contributed by atoms with Crippen molar-refractivity contribution in [3.63, 3.8) is 0 Å². The highest BCUT2D eigenvalue weighted by molar-refractivity contribution is 7.91. The van der Waals surface area contributed by atoms with E-state index in [0.717, 1.165) is 18.4 Å². The van der Waals surface area contributed by atoms with E-state index < -0.39 is 16.0 Å². The summed E-state index contributed by atoms with van der Waals surface area (Å²) in [6.07, 6.45) is 0. The minimum Gasteiger partial charge on any atom is -0.464 e. The molecule has 1 aromatic heterocycles. The number of aromatic nitrogens is 1. The molecule has 0 amide bonds. The third-order valence-corrected chi connectivity index (χ3v) is 4.52. The van der Waals surface area contributed by atoms with Crippen molar-refractivity contribution in [3.05, 3.63) is 22.8 Å². The lowest BCUT2D eigenvalue weighted by molar-refractivity contribution is 0.0590. The fraction of sp³-hybridized carbons (Fsp3) is 0.250. The number of carbonyl (C=O) groups is 1. The molecule has 1 aromatic rings. The minimum absolute atomic E-state index is 0.123. The van der Waals surface area contributed by atoms with E-state index in [2.05, 4.69) is 21.0 Å². The quantitative estimate of drug-likeness (QED) is 0.818. The Morgan fingerprint density at radius 1 is 1.71 bits per heavy atom. The number of carbonyl (C=O) groups excluding carboxylic acids is 1. The minimum atomic E-state index is -3.84. The number of hydrogen-bond acceptors (Lipinski definition) is 6. The molecule has 0 saturated carbocycles. The Bertz CT molecular complexity index is 537. The van der Waals surface area contributed by atoms with E-state index in [1.165, 1.54) is 5.51 Å². The molecule has 0 spiro atoms. The summed E-state index contributed by atoms with van der Waals surface area (Å²) in [5.41, 5.74) is 1.00. The highest BCUT2D eigenvalue weighted by Crippen LogP contribution is 2.20. The summed E-state index contributed by atoms with van der Waals surface area (Å²) < 4.78 is 30.0. The van der Waals surface area contributed by atoms with Gasteiger partial charge in [-0.25, -0.2) is 22.9 Å². The molecule has 0 bridgehead atoms. The van der Waals surface area contributed by atoms with Crippen LogP contribution in [0.2, 0.25) is 0 Å². The number of nitrogens with zero attached hydrogens (tertiary/aromatic N) is 1. The zero-order valence-corrected chi connectivity index (χ0v) is 11.2. The van der Waals surface area contributed by atoms with Crippen molar-refractivity contribution >= 4 is 38.9 Å². The Labute approximate surface area is 107 Å². The summed E-state index contributed by atoms with van der Waals surface area (Å²) in [7, 11) is -2.69. The average Bonchev–Trinajstić information content (AvgIpc) is 2.75. The lowest BCUT2D eigenvalue weighted by Gasteiger charge is -2.04. The molecule has 1 rings (SSSR count). The van der Waals surface area contributed by atoms with Gasteiger partial charge in [0, 0.05) is 11.6 Å². The van der Waals surface area contributed by atoms with Gasteiger partial charge in [0.05, 0.1) is 12.6 Å². The molecular weight excluding hydrogens is 288 g/mol. The lowest BCUT2D eigenvalue weighted by Crippen LogP contribution is -2.25. The van der Waals surface area contributed by atoms with Crippen molar-refractivity contribution in [1.82, 2.24) is 9.71 Å². The second kappa shape index (κ2) is 5.58. The van der Waals surface area contributed by atoms with E-state index in [0.29, 0.717) is 0 Å². The van der Waals surface area contributed by atoms with E-state index in [-0.39, 0.29) is 21.5 Å². The summed E-state index contributed by atoms with van der Waals surface area (Å²) in [6.45, 7) is 3.23. The van der Waals surface area contributed by atoms with Crippen molar-refractivity contribution in [2.75, 3.05) is 13.7 Å². The molecular formula is C8H9ClN2O4S2. The second-order valence-corrected chi connectivity index (χ2v) is 6.17. The molecule has 9 heteroatoms. The van der Waals surface area contributed by atoms with E-state index in [9.17, 15) is 13.2 Å². The number of esters is 1. The molecule has 0 fully saturated rings. The van der Waals surface area contributed by atoms with Crippen LogP contribution in [0, 0.1) is 0 Å². The Morgan fingerprint density at radius 3 is 2.88 bits per heavy atom. The fourth-order valence-electron chi connectivity index (χ4n) is 0.898. The largest absolute Gasteiger partial charge is 0.464 e. The van der Waals surface area contributed by atoms with Gasteiger partial charge < -0.3 is 4.74 Å². The number of rotatable bonds is 5. The smallest absolute Gasteiger partial charge is 0.358 e. The zero-order valence-electron chi connectivity index (χ0n) is 8.77. The first-order valence-electron chi connectivity index (χ1n) is 4.23. The van der Waals surface area contributed by atoms with Crippen LogP contribution in [-0.4, -0.2) is 33.0 Å². The Kier molecular flexibility index (Phi) is 4.63. The molecule has 0 unspecified atom stereocenters. The van der Waals surface area contributed by atoms with Crippen LogP contribution < -0.4 is 4.72 Å². The highest BCUT2D eigenvalue weighted by Gasteiger charge is 2.26. The molecule has 0 aromatic carbocycles. The topological polar surface area (TPSA) is 85.4 Å². The Hall–Kier alpha value is -0.960. The number of thiazole rings is 1. The van der Waals surface area contributed by atoms with Crippen molar-refractivity contribution in [2.24, 2.45) is 0 Å². The maximum Gasteiger partial charge on any atom is 0.358 e. The molecule has 0 atom stereocenters. The van der Waals surface area contributed by atoms with E-state index >= 15 is 0 Å². The number of hydrogen-bond donors (Lipinski definition) is 1. The van der Waals surface area contributed by atoms with Gasteiger partial charge in [-0.1, -0.05) is 18.2 Å². The van der Waals surface area contributed by atoms with Crippen LogP contribution in [0.25, 0.3) is 0 Å². The van der Waals surface area contributed by atoms with Crippen molar-refractivity contribution in [2.45, 2.75) is 4.21 Å². The maximum absolute atomic E-state index is 11.8. The van der Waals surface area contributed by atoms with Crippen molar-refractivity contribution < 1.29 is 17.9 Å². The Balaban J connectivity index is 3.03. The Morgan fingerprint density at radius 2 is 2.35 bits per heavy atom. The third kappa shape index (κ3) is 3.50. The molecule has 6 nitrogen and oxygen atoms in total. The molecule has 0 radical (unpaired) electrons. The van der Waals surface area contributed by atoms with Gasteiger partial charge in [-0.15, -0.1) is 11.3 Å². The maximum atomic E-state index is 11.8. The fourth-order valence-corrected chi connectivity index (χ4v) is 3.24. The van der Waals surface area contributed by atoms with Crippen LogP contribution in [-0.2, 0) is 14.8 Å². The summed E-state index contributed by atoms with van der Waals surface area (Å²) in [4.78, 5) is 14.9.